The van der Waals surface area contributed by atoms with E-state index >= 15 is 0 Å². The Balaban J connectivity index is 2.19. The van der Waals surface area contributed by atoms with Gasteiger partial charge in [-0.05, 0) is 49.0 Å². The molecule has 0 aliphatic rings. The lowest BCUT2D eigenvalue weighted by molar-refractivity contribution is 0.586. The molecule has 0 fully saturated rings. The van der Waals surface area contributed by atoms with Crippen LogP contribution in [0.4, 0.5) is 10.1 Å². The molecule has 10 heteroatoms. The molecular weight excluding hydrogens is 429 g/mol. The Morgan fingerprint density at radius 3 is 2.37 bits per heavy atom. The lowest BCUT2D eigenvalue weighted by Crippen LogP contribution is -2.25. The van der Waals surface area contributed by atoms with Gasteiger partial charge in [0.05, 0.1) is 22.5 Å². The van der Waals surface area contributed by atoms with Gasteiger partial charge in [0.25, 0.3) is 10.0 Å². The zero-order valence-corrected chi connectivity index (χ0v) is 18.3. The fraction of sp³-hybridized carbons (Fsp3) is 0.200. The van der Waals surface area contributed by atoms with Crippen molar-refractivity contribution >= 4 is 25.7 Å². The highest BCUT2D eigenvalue weighted by Crippen LogP contribution is 2.30. The molecule has 0 bridgehead atoms. The first-order valence-corrected chi connectivity index (χ1v) is 12.2. The molecule has 3 rings (SSSR count). The van der Waals surface area contributed by atoms with Crippen molar-refractivity contribution in [2.75, 3.05) is 24.7 Å². The molecule has 3 aromatic rings. The molecule has 1 aromatic heterocycles. The first-order chi connectivity index (χ1) is 14.1. The minimum absolute atomic E-state index is 0.111. The maximum Gasteiger partial charge on any atom is 0.268 e. The van der Waals surface area contributed by atoms with Gasteiger partial charge in [0, 0.05) is 25.4 Å². The number of nitrogens with one attached hydrogen (secondary N) is 1. The molecule has 7 nitrogen and oxygen atoms in total. The minimum atomic E-state index is -4.13. The standard InChI is InChI=1S/C20H22FN3O4S2/c1-22-13-15-11-20(18-9-4-5-10-19(18)21)24(14-15)30(27,28)17-8-6-7-16(12-17)23(2)29(3,25)26/h4-12,14,22H,13H2,1-3H3. The first-order valence-electron chi connectivity index (χ1n) is 8.96. The number of aromatic nitrogens is 1. The van der Waals surface area contributed by atoms with Gasteiger partial charge in [-0.3, -0.25) is 4.31 Å². The summed E-state index contributed by atoms with van der Waals surface area (Å²) < 4.78 is 67.0. The van der Waals surface area contributed by atoms with Gasteiger partial charge < -0.3 is 5.32 Å². The van der Waals surface area contributed by atoms with Gasteiger partial charge in [-0.1, -0.05) is 18.2 Å². The van der Waals surface area contributed by atoms with Crippen molar-refractivity contribution in [1.29, 1.82) is 0 Å². The van der Waals surface area contributed by atoms with E-state index in [1.807, 2.05) is 0 Å². The number of nitrogens with zero attached hydrogens (tertiary/aromatic N) is 2. The van der Waals surface area contributed by atoms with Gasteiger partial charge in [0.2, 0.25) is 10.0 Å². The van der Waals surface area contributed by atoms with Crippen molar-refractivity contribution in [3.63, 3.8) is 0 Å². The summed E-state index contributed by atoms with van der Waals surface area (Å²) in [5.74, 6) is -0.548. The molecule has 0 unspecified atom stereocenters. The van der Waals surface area contributed by atoms with E-state index in [9.17, 15) is 21.2 Å². The Labute approximate surface area is 175 Å². The predicted molar refractivity (Wildman–Crippen MR) is 115 cm³/mol. The van der Waals surface area contributed by atoms with Crippen molar-refractivity contribution in [3.05, 3.63) is 72.2 Å². The number of hydrogen-bond donors (Lipinski definition) is 1. The van der Waals surface area contributed by atoms with Crippen LogP contribution in [0.1, 0.15) is 5.56 Å². The van der Waals surface area contributed by atoms with Crippen molar-refractivity contribution in [1.82, 2.24) is 9.29 Å². The second-order valence-electron chi connectivity index (χ2n) is 6.77. The Bertz CT molecular complexity index is 1280. The maximum atomic E-state index is 14.4. The van der Waals surface area contributed by atoms with Gasteiger partial charge >= 0.3 is 0 Å². The minimum Gasteiger partial charge on any atom is -0.316 e. The molecule has 2 aromatic carbocycles. The van der Waals surface area contributed by atoms with E-state index in [2.05, 4.69) is 5.32 Å². The molecule has 0 spiro atoms. The van der Waals surface area contributed by atoms with Crippen LogP contribution in [0.3, 0.4) is 0 Å². The van der Waals surface area contributed by atoms with Crippen LogP contribution in [-0.2, 0) is 26.6 Å². The third-order valence-corrected chi connectivity index (χ3v) is 7.48. The van der Waals surface area contributed by atoms with Crippen LogP contribution in [-0.4, -0.2) is 41.2 Å². The lowest BCUT2D eigenvalue weighted by Gasteiger charge is -2.18. The molecular formula is C20H22FN3O4S2. The highest BCUT2D eigenvalue weighted by atomic mass is 32.2. The second kappa shape index (κ2) is 8.21. The number of benzene rings is 2. The van der Waals surface area contributed by atoms with Crippen LogP contribution in [0.15, 0.2) is 65.7 Å². The zero-order valence-electron chi connectivity index (χ0n) is 16.7. The van der Waals surface area contributed by atoms with Gasteiger partial charge in [0.15, 0.2) is 0 Å². The summed E-state index contributed by atoms with van der Waals surface area (Å²) in [6.07, 6.45) is 2.46. The van der Waals surface area contributed by atoms with Gasteiger partial charge in [-0.2, -0.15) is 0 Å². The Morgan fingerprint density at radius 2 is 1.73 bits per heavy atom. The lowest BCUT2D eigenvalue weighted by atomic mass is 10.1. The summed E-state index contributed by atoms with van der Waals surface area (Å²) in [4.78, 5) is -0.111. The Hall–Kier alpha value is -2.69. The molecule has 1 N–H and O–H groups in total. The number of rotatable bonds is 7. The maximum absolute atomic E-state index is 14.4. The molecule has 160 valence electrons. The Morgan fingerprint density at radius 1 is 1.03 bits per heavy atom. The van der Waals surface area contributed by atoms with Crippen molar-refractivity contribution in [2.24, 2.45) is 0 Å². The normalized spacial score (nSPS) is 12.1. The van der Waals surface area contributed by atoms with E-state index in [1.54, 1.807) is 19.2 Å². The summed E-state index contributed by atoms with van der Waals surface area (Å²) in [6.45, 7) is 0.390. The third-order valence-electron chi connectivity index (χ3n) is 4.61. The van der Waals surface area contributed by atoms with Crippen LogP contribution < -0.4 is 9.62 Å². The fourth-order valence-electron chi connectivity index (χ4n) is 3.01. The second-order valence-corrected chi connectivity index (χ2v) is 10.6. The smallest absolute Gasteiger partial charge is 0.268 e. The molecule has 1 heterocycles. The largest absolute Gasteiger partial charge is 0.316 e. The first kappa shape index (κ1) is 22.0. The number of halogens is 1. The quantitative estimate of drug-likeness (QED) is 0.597. The number of anilines is 1. The summed E-state index contributed by atoms with van der Waals surface area (Å²) in [5, 5.41) is 2.95. The summed E-state index contributed by atoms with van der Waals surface area (Å²) in [5.41, 5.74) is 1.19. The molecule has 0 amide bonds. The van der Waals surface area contributed by atoms with E-state index < -0.39 is 25.9 Å². The summed E-state index contributed by atoms with van der Waals surface area (Å²) in [6, 6.07) is 13.1. The van der Waals surface area contributed by atoms with E-state index in [0.717, 1.165) is 14.5 Å². The van der Waals surface area contributed by atoms with Crippen LogP contribution in [0.25, 0.3) is 11.3 Å². The van der Waals surface area contributed by atoms with Gasteiger partial charge in [0.1, 0.15) is 5.82 Å². The zero-order chi connectivity index (χ0) is 22.1. The Kier molecular flexibility index (Phi) is 6.02. The summed E-state index contributed by atoms with van der Waals surface area (Å²) >= 11 is 0. The summed E-state index contributed by atoms with van der Waals surface area (Å²) in [7, 11) is -4.64. The van der Waals surface area contributed by atoms with Crippen molar-refractivity contribution in [3.8, 4) is 11.3 Å². The van der Waals surface area contributed by atoms with Gasteiger partial charge in [-0.15, -0.1) is 0 Å². The van der Waals surface area contributed by atoms with E-state index in [0.29, 0.717) is 12.1 Å². The van der Waals surface area contributed by atoms with Crippen LogP contribution in [0.2, 0.25) is 0 Å². The molecule has 0 aliphatic carbocycles. The molecule has 0 aliphatic heterocycles. The average Bonchev–Trinajstić information content (AvgIpc) is 3.12. The average molecular weight is 452 g/mol. The molecule has 0 saturated carbocycles. The highest BCUT2D eigenvalue weighted by molar-refractivity contribution is 7.92. The van der Waals surface area contributed by atoms with E-state index in [-0.39, 0.29) is 21.8 Å². The molecule has 30 heavy (non-hydrogen) atoms. The van der Waals surface area contributed by atoms with Crippen molar-refractivity contribution in [2.45, 2.75) is 11.4 Å². The van der Waals surface area contributed by atoms with Crippen LogP contribution in [0.5, 0.6) is 0 Å². The van der Waals surface area contributed by atoms with Crippen LogP contribution >= 0.6 is 0 Å². The predicted octanol–water partition coefficient (Wildman–Crippen LogP) is 2.65. The van der Waals surface area contributed by atoms with Gasteiger partial charge in [-0.25, -0.2) is 25.2 Å². The van der Waals surface area contributed by atoms with Crippen LogP contribution in [0, 0.1) is 5.82 Å². The molecule has 0 saturated heterocycles. The number of sulfonamides is 1. The monoisotopic (exact) mass is 451 g/mol. The van der Waals surface area contributed by atoms with E-state index in [1.165, 1.54) is 55.7 Å². The number of hydrogen-bond acceptors (Lipinski definition) is 5. The molecule has 0 atom stereocenters. The topological polar surface area (TPSA) is 88.5 Å². The van der Waals surface area contributed by atoms with E-state index in [4.69, 9.17) is 0 Å². The third kappa shape index (κ3) is 4.25. The van der Waals surface area contributed by atoms with Crippen molar-refractivity contribution < 1.29 is 21.2 Å². The fourth-order valence-corrected chi connectivity index (χ4v) is 4.93. The highest BCUT2D eigenvalue weighted by Gasteiger charge is 2.24. The SMILES string of the molecule is CNCc1cc(-c2ccccc2F)n(S(=O)(=O)c2cccc(N(C)S(C)(=O)=O)c2)c1. The molecule has 0 radical (unpaired) electrons.